The summed E-state index contributed by atoms with van der Waals surface area (Å²) in [6.45, 7) is 0. The molecule has 0 unspecified atom stereocenters. The molecule has 3 rings (SSSR count). The summed E-state index contributed by atoms with van der Waals surface area (Å²) < 4.78 is 16.0. The molecule has 23 heavy (non-hydrogen) atoms. The standard InChI is InChI=1S/C13H13FN8O/c1-21-11(3-5-17-21)19-13-16-4-2-9(18-13)8-6-10(14)22(20-15)12(23)7-8/h2-7,20H,15H2,1H3,(H,16,18,19). The van der Waals surface area contributed by atoms with Crippen LogP contribution in [0.2, 0.25) is 0 Å². The Balaban J connectivity index is 1.97. The average Bonchev–Trinajstić information content (AvgIpc) is 2.92. The lowest BCUT2D eigenvalue weighted by atomic mass is 10.2. The van der Waals surface area contributed by atoms with Crippen LogP contribution in [-0.2, 0) is 7.05 Å². The fourth-order valence-electron chi connectivity index (χ4n) is 2.00. The van der Waals surface area contributed by atoms with E-state index in [-0.39, 0.29) is 0 Å². The van der Waals surface area contributed by atoms with Crippen LogP contribution in [0.5, 0.6) is 0 Å². The Morgan fingerprint density at radius 3 is 2.74 bits per heavy atom. The summed E-state index contributed by atoms with van der Waals surface area (Å²) >= 11 is 0. The predicted molar refractivity (Wildman–Crippen MR) is 81.7 cm³/mol. The minimum atomic E-state index is -0.824. The maximum atomic E-state index is 13.8. The number of aryl methyl sites for hydroxylation is 1. The van der Waals surface area contributed by atoms with Crippen molar-refractivity contribution in [2.24, 2.45) is 12.9 Å². The Morgan fingerprint density at radius 1 is 1.26 bits per heavy atom. The highest BCUT2D eigenvalue weighted by Crippen LogP contribution is 2.18. The first-order chi connectivity index (χ1) is 11.1. The molecule has 0 bridgehead atoms. The molecule has 0 aliphatic heterocycles. The number of nitrogen functional groups attached to an aromatic ring is 1. The van der Waals surface area contributed by atoms with Crippen molar-refractivity contribution in [3.8, 4) is 11.3 Å². The number of hydrazine groups is 1. The third kappa shape index (κ3) is 2.87. The lowest BCUT2D eigenvalue weighted by Gasteiger charge is -2.09. The summed E-state index contributed by atoms with van der Waals surface area (Å²) in [6, 6.07) is 5.70. The van der Waals surface area contributed by atoms with Crippen LogP contribution in [0.1, 0.15) is 0 Å². The van der Waals surface area contributed by atoms with Gasteiger partial charge in [0.05, 0.1) is 11.9 Å². The number of halogens is 1. The molecule has 3 aromatic rings. The number of hydrogen-bond donors (Lipinski definition) is 3. The lowest BCUT2D eigenvalue weighted by molar-refractivity contribution is 0.517. The molecule has 118 valence electrons. The third-order valence-electron chi connectivity index (χ3n) is 3.13. The summed E-state index contributed by atoms with van der Waals surface area (Å²) in [5, 5.41) is 7.00. The first kappa shape index (κ1) is 14.7. The maximum absolute atomic E-state index is 13.8. The van der Waals surface area contributed by atoms with Gasteiger partial charge in [0.2, 0.25) is 11.9 Å². The molecule has 9 nitrogen and oxygen atoms in total. The van der Waals surface area contributed by atoms with Gasteiger partial charge < -0.3 is 5.32 Å². The SMILES string of the molecule is Cn1nccc1Nc1nccc(-c2cc(F)n(NN)c(=O)c2)n1. The van der Waals surface area contributed by atoms with E-state index in [1.54, 1.807) is 30.1 Å². The Morgan fingerprint density at radius 2 is 2.09 bits per heavy atom. The van der Waals surface area contributed by atoms with Crippen LogP contribution < -0.4 is 22.3 Å². The Bertz CT molecular complexity index is 903. The molecule has 3 heterocycles. The predicted octanol–water partition coefficient (Wildman–Crippen LogP) is 0.339. The molecular formula is C13H13FN8O. The largest absolute Gasteiger partial charge is 0.309 e. The van der Waals surface area contributed by atoms with Gasteiger partial charge in [-0.3, -0.25) is 15.0 Å². The number of nitrogens with two attached hydrogens (primary N) is 1. The minimum Gasteiger partial charge on any atom is -0.309 e. The monoisotopic (exact) mass is 316 g/mol. The maximum Gasteiger partial charge on any atom is 0.273 e. The van der Waals surface area contributed by atoms with Crippen LogP contribution in [0.3, 0.4) is 0 Å². The molecular weight excluding hydrogens is 303 g/mol. The highest BCUT2D eigenvalue weighted by molar-refractivity contribution is 5.60. The number of pyridine rings is 1. The first-order valence-corrected chi connectivity index (χ1v) is 6.56. The Kier molecular flexibility index (Phi) is 3.73. The summed E-state index contributed by atoms with van der Waals surface area (Å²) in [7, 11) is 1.76. The van der Waals surface area contributed by atoms with Crippen LogP contribution in [-0.4, -0.2) is 24.4 Å². The summed E-state index contributed by atoms with van der Waals surface area (Å²) in [5.74, 6) is 5.25. The number of nitrogens with one attached hydrogen (secondary N) is 2. The fraction of sp³-hybridized carbons (Fsp3) is 0.0769. The molecule has 0 saturated heterocycles. The molecule has 0 aliphatic carbocycles. The zero-order valence-electron chi connectivity index (χ0n) is 12.1. The van der Waals surface area contributed by atoms with Gasteiger partial charge in [-0.05, 0) is 6.07 Å². The van der Waals surface area contributed by atoms with E-state index in [2.05, 4.69) is 20.4 Å². The van der Waals surface area contributed by atoms with Gasteiger partial charge in [0, 0.05) is 37.0 Å². The smallest absolute Gasteiger partial charge is 0.273 e. The van der Waals surface area contributed by atoms with Crippen LogP contribution >= 0.6 is 0 Å². The molecule has 0 saturated carbocycles. The van der Waals surface area contributed by atoms with E-state index in [0.717, 1.165) is 6.07 Å². The Labute approximate surface area is 129 Å². The zero-order valence-corrected chi connectivity index (χ0v) is 12.1. The van der Waals surface area contributed by atoms with E-state index in [4.69, 9.17) is 5.84 Å². The summed E-state index contributed by atoms with van der Waals surface area (Å²) in [4.78, 5) is 20.1. The van der Waals surface area contributed by atoms with Crippen molar-refractivity contribution in [1.29, 1.82) is 0 Å². The molecule has 0 atom stereocenters. The quantitative estimate of drug-likeness (QED) is 0.361. The van der Waals surface area contributed by atoms with E-state index >= 15 is 0 Å². The molecule has 3 aromatic heterocycles. The van der Waals surface area contributed by atoms with Gasteiger partial charge in [0.25, 0.3) is 5.56 Å². The van der Waals surface area contributed by atoms with Crippen LogP contribution in [0, 0.1) is 5.95 Å². The second-order valence-electron chi connectivity index (χ2n) is 4.60. The topological polar surface area (TPSA) is 116 Å². The van der Waals surface area contributed by atoms with E-state index < -0.39 is 11.5 Å². The zero-order chi connectivity index (χ0) is 16.4. The highest BCUT2D eigenvalue weighted by Gasteiger charge is 2.10. The van der Waals surface area contributed by atoms with Gasteiger partial charge in [-0.2, -0.15) is 14.2 Å². The molecule has 0 aromatic carbocycles. The molecule has 0 radical (unpaired) electrons. The molecule has 10 heteroatoms. The van der Waals surface area contributed by atoms with E-state index in [1.807, 2.05) is 5.53 Å². The van der Waals surface area contributed by atoms with Crippen molar-refractivity contribution in [1.82, 2.24) is 24.4 Å². The first-order valence-electron chi connectivity index (χ1n) is 6.56. The van der Waals surface area contributed by atoms with Gasteiger partial charge in [-0.1, -0.05) is 0 Å². The number of aromatic nitrogens is 5. The molecule has 0 aliphatic rings. The summed E-state index contributed by atoms with van der Waals surface area (Å²) in [6.07, 6.45) is 3.13. The average molecular weight is 316 g/mol. The van der Waals surface area contributed by atoms with Crippen molar-refractivity contribution in [2.45, 2.75) is 0 Å². The van der Waals surface area contributed by atoms with Gasteiger partial charge in [-0.15, -0.1) is 0 Å². The van der Waals surface area contributed by atoms with Gasteiger partial charge in [-0.25, -0.2) is 15.8 Å². The summed E-state index contributed by atoms with van der Waals surface area (Å²) in [5.41, 5.74) is 2.03. The third-order valence-corrected chi connectivity index (χ3v) is 3.13. The number of rotatable bonds is 4. The minimum absolute atomic E-state index is 0.299. The van der Waals surface area contributed by atoms with Crippen molar-refractivity contribution in [3.05, 3.63) is 53.0 Å². The van der Waals surface area contributed by atoms with Crippen molar-refractivity contribution in [2.75, 3.05) is 10.9 Å². The van der Waals surface area contributed by atoms with Crippen LogP contribution in [0.4, 0.5) is 16.2 Å². The number of nitrogens with zero attached hydrogens (tertiary/aromatic N) is 5. The lowest BCUT2D eigenvalue weighted by Crippen LogP contribution is -2.34. The van der Waals surface area contributed by atoms with E-state index in [1.165, 1.54) is 12.3 Å². The van der Waals surface area contributed by atoms with Crippen molar-refractivity contribution >= 4 is 11.8 Å². The van der Waals surface area contributed by atoms with Crippen molar-refractivity contribution in [3.63, 3.8) is 0 Å². The second kappa shape index (κ2) is 5.85. The Hall–Kier alpha value is -3.27. The van der Waals surface area contributed by atoms with Gasteiger partial charge >= 0.3 is 0 Å². The molecule has 0 amide bonds. The van der Waals surface area contributed by atoms with Gasteiger partial charge in [0.15, 0.2) is 0 Å². The number of anilines is 2. The number of hydrogen-bond acceptors (Lipinski definition) is 7. The second-order valence-corrected chi connectivity index (χ2v) is 4.60. The van der Waals surface area contributed by atoms with E-state index in [0.29, 0.717) is 27.7 Å². The van der Waals surface area contributed by atoms with Gasteiger partial charge in [0.1, 0.15) is 5.82 Å². The molecule has 0 fully saturated rings. The van der Waals surface area contributed by atoms with Crippen molar-refractivity contribution < 1.29 is 4.39 Å². The fourth-order valence-corrected chi connectivity index (χ4v) is 2.00. The van der Waals surface area contributed by atoms with Crippen LogP contribution in [0.15, 0.2) is 41.5 Å². The van der Waals surface area contributed by atoms with Crippen LogP contribution in [0.25, 0.3) is 11.3 Å². The highest BCUT2D eigenvalue weighted by atomic mass is 19.1. The molecule has 0 spiro atoms. The van der Waals surface area contributed by atoms with E-state index in [9.17, 15) is 9.18 Å². The normalized spacial score (nSPS) is 10.6. The molecule has 4 N–H and O–H groups in total.